The van der Waals surface area contributed by atoms with Crippen LogP contribution in [0, 0.1) is 11.3 Å². The Hall–Kier alpha value is -5.11. The zero-order valence-electron chi connectivity index (χ0n) is 22.9. The maximum absolute atomic E-state index is 14.2. The van der Waals surface area contributed by atoms with Gasteiger partial charge in [-0.1, -0.05) is 30.3 Å². The highest BCUT2D eigenvalue weighted by atomic mass is 19.4. The molecule has 4 rings (SSSR count). The minimum atomic E-state index is -4.66. The Morgan fingerprint density at radius 2 is 1.67 bits per heavy atom. The number of nitrogens with zero attached hydrogens (tertiary/aromatic N) is 3. The van der Waals surface area contributed by atoms with Crippen molar-refractivity contribution in [3.8, 4) is 6.07 Å². The third-order valence-corrected chi connectivity index (χ3v) is 6.76. The lowest BCUT2D eigenvalue weighted by Gasteiger charge is -2.43. The number of hydrogen-bond donors (Lipinski definition) is 0. The van der Waals surface area contributed by atoms with Crippen LogP contribution in [0.4, 0.5) is 23.7 Å². The minimum Gasteiger partial charge on any atom is -0.465 e. The van der Waals surface area contributed by atoms with Crippen LogP contribution in [0.2, 0.25) is 0 Å². The zero-order chi connectivity index (χ0) is 30.6. The molecular formula is C31H26F3N3O5. The van der Waals surface area contributed by atoms with E-state index in [1.54, 1.807) is 43.3 Å². The highest BCUT2D eigenvalue weighted by molar-refractivity contribution is 6.03. The lowest BCUT2D eigenvalue weighted by Crippen LogP contribution is -2.50. The average Bonchev–Trinajstić information content (AvgIpc) is 2.98. The number of benzene rings is 3. The third-order valence-electron chi connectivity index (χ3n) is 6.76. The number of esters is 2. The number of nitriles is 1. The fraction of sp³-hybridized carbons (Fsp3) is 0.226. The molecule has 1 heterocycles. The van der Waals surface area contributed by atoms with E-state index < -0.39 is 35.8 Å². The van der Waals surface area contributed by atoms with Crippen LogP contribution in [-0.2, 0) is 27.0 Å². The van der Waals surface area contributed by atoms with Crippen LogP contribution >= 0.6 is 0 Å². The number of anilines is 1. The second-order valence-corrected chi connectivity index (χ2v) is 9.34. The van der Waals surface area contributed by atoms with Crippen LogP contribution in [-0.4, -0.2) is 36.6 Å². The molecule has 1 atom stereocenters. The molecule has 42 heavy (non-hydrogen) atoms. The van der Waals surface area contributed by atoms with Crippen LogP contribution in [0.3, 0.4) is 0 Å². The molecule has 11 heteroatoms. The highest BCUT2D eigenvalue weighted by Crippen LogP contribution is 2.42. The van der Waals surface area contributed by atoms with E-state index in [4.69, 9.17) is 9.47 Å². The van der Waals surface area contributed by atoms with Crippen LogP contribution in [0.5, 0.6) is 0 Å². The topological polar surface area (TPSA) is 99.9 Å². The first-order chi connectivity index (χ1) is 20.0. The van der Waals surface area contributed by atoms with Crippen molar-refractivity contribution in [2.24, 2.45) is 0 Å². The first kappa shape index (κ1) is 29.9. The van der Waals surface area contributed by atoms with Gasteiger partial charge in [0.1, 0.15) is 0 Å². The van der Waals surface area contributed by atoms with Crippen LogP contribution in [0.25, 0.3) is 0 Å². The number of rotatable bonds is 7. The van der Waals surface area contributed by atoms with Gasteiger partial charge in [0.25, 0.3) is 0 Å². The van der Waals surface area contributed by atoms with Crippen molar-refractivity contribution in [2.75, 3.05) is 18.6 Å². The number of urea groups is 1. The van der Waals surface area contributed by atoms with Crippen molar-refractivity contribution in [1.82, 2.24) is 4.90 Å². The van der Waals surface area contributed by atoms with Crippen LogP contribution < -0.4 is 4.90 Å². The molecule has 0 aromatic heterocycles. The van der Waals surface area contributed by atoms with Gasteiger partial charge in [0.2, 0.25) is 0 Å². The average molecular weight is 578 g/mol. The van der Waals surface area contributed by atoms with Crippen molar-refractivity contribution in [3.05, 3.63) is 112 Å². The fourth-order valence-corrected chi connectivity index (χ4v) is 4.76. The molecule has 8 nitrogen and oxygen atoms in total. The van der Waals surface area contributed by atoms with Gasteiger partial charge in [-0.15, -0.1) is 0 Å². The summed E-state index contributed by atoms with van der Waals surface area (Å²) in [6.07, 6.45) is -4.66. The smallest absolute Gasteiger partial charge is 0.416 e. The summed E-state index contributed by atoms with van der Waals surface area (Å²) >= 11 is 0. The maximum Gasteiger partial charge on any atom is 0.416 e. The Labute approximate surface area is 240 Å². The molecule has 3 aromatic rings. The zero-order valence-corrected chi connectivity index (χ0v) is 22.9. The molecular weight excluding hydrogens is 551 g/mol. The van der Waals surface area contributed by atoms with Gasteiger partial charge in [-0.25, -0.2) is 14.4 Å². The Morgan fingerprint density at radius 1 is 1.00 bits per heavy atom. The van der Waals surface area contributed by atoms with Gasteiger partial charge in [0.05, 0.1) is 53.8 Å². The quantitative estimate of drug-likeness (QED) is 0.302. The lowest BCUT2D eigenvalue weighted by molar-refractivity contribution is -0.139. The van der Waals surface area contributed by atoms with Crippen molar-refractivity contribution < 1.29 is 37.0 Å². The van der Waals surface area contributed by atoms with Crippen LogP contribution in [0.1, 0.15) is 52.5 Å². The Kier molecular flexibility index (Phi) is 8.66. The summed E-state index contributed by atoms with van der Waals surface area (Å²) in [6.45, 7) is 3.02. The summed E-state index contributed by atoms with van der Waals surface area (Å²) in [7, 11) is 1.25. The minimum absolute atomic E-state index is 0.0161. The summed E-state index contributed by atoms with van der Waals surface area (Å²) in [4.78, 5) is 42.0. The molecule has 1 unspecified atom stereocenters. The number of alkyl halides is 3. The van der Waals surface area contributed by atoms with E-state index in [-0.39, 0.29) is 35.7 Å². The molecule has 0 radical (unpaired) electrons. The van der Waals surface area contributed by atoms with E-state index in [0.717, 1.165) is 17.0 Å². The summed E-state index contributed by atoms with van der Waals surface area (Å²) < 4.78 is 50.9. The van der Waals surface area contributed by atoms with Gasteiger partial charge in [-0.05, 0) is 67.4 Å². The number of allylic oxidation sites excluding steroid dienone is 1. The van der Waals surface area contributed by atoms with Gasteiger partial charge in [0, 0.05) is 12.2 Å². The van der Waals surface area contributed by atoms with Gasteiger partial charge >= 0.3 is 24.1 Å². The molecule has 3 aromatic carbocycles. The number of ether oxygens (including phenoxy) is 2. The Bertz CT molecular complexity index is 1580. The summed E-state index contributed by atoms with van der Waals surface area (Å²) in [6, 6.07) is 17.2. The van der Waals surface area contributed by atoms with E-state index in [0.29, 0.717) is 16.7 Å². The molecule has 0 bridgehead atoms. The standard InChI is InChI=1S/C31H26F3N3O5/c1-4-42-29(39)26-19(2)37(25-7-5-6-24(16-25)31(32,33)34)30(40)36(27(26)22-12-8-20(17-35)9-13-22)18-21-10-14-23(15-11-21)28(38)41-3/h5-16,27H,4,18H2,1-3H3. The molecule has 216 valence electrons. The van der Waals surface area contributed by atoms with Crippen LogP contribution in [0.15, 0.2) is 84.1 Å². The van der Waals surface area contributed by atoms with Gasteiger partial charge in [-0.3, -0.25) is 4.90 Å². The number of amides is 2. The van der Waals surface area contributed by atoms with Gasteiger partial charge in [0.15, 0.2) is 0 Å². The van der Waals surface area contributed by atoms with E-state index in [9.17, 15) is 32.8 Å². The molecule has 2 amide bonds. The van der Waals surface area contributed by atoms with Crippen molar-refractivity contribution in [1.29, 1.82) is 5.26 Å². The molecule has 1 aliphatic heterocycles. The largest absolute Gasteiger partial charge is 0.465 e. The highest BCUT2D eigenvalue weighted by Gasteiger charge is 2.43. The summed E-state index contributed by atoms with van der Waals surface area (Å²) in [5, 5.41) is 9.28. The fourth-order valence-electron chi connectivity index (χ4n) is 4.76. The Morgan fingerprint density at radius 3 is 2.24 bits per heavy atom. The van der Waals surface area contributed by atoms with Crippen molar-refractivity contribution >= 4 is 23.7 Å². The predicted molar refractivity (Wildman–Crippen MR) is 146 cm³/mol. The van der Waals surface area contributed by atoms with Crippen molar-refractivity contribution in [3.63, 3.8) is 0 Å². The predicted octanol–water partition coefficient (Wildman–Crippen LogP) is 6.38. The van der Waals surface area contributed by atoms with E-state index >= 15 is 0 Å². The first-order valence-corrected chi connectivity index (χ1v) is 12.8. The number of carbonyl (C=O) groups is 3. The van der Waals surface area contributed by atoms with Gasteiger partial charge in [-0.2, -0.15) is 18.4 Å². The second kappa shape index (κ2) is 12.2. The molecule has 0 spiro atoms. The second-order valence-electron chi connectivity index (χ2n) is 9.34. The monoisotopic (exact) mass is 577 g/mol. The third kappa shape index (κ3) is 5.98. The number of halogens is 3. The van der Waals surface area contributed by atoms with Crippen molar-refractivity contribution in [2.45, 2.75) is 32.6 Å². The number of methoxy groups -OCH3 is 1. The van der Waals surface area contributed by atoms with E-state index in [1.165, 1.54) is 43.2 Å². The maximum atomic E-state index is 14.2. The number of hydrogen-bond acceptors (Lipinski definition) is 6. The van der Waals surface area contributed by atoms with Gasteiger partial charge < -0.3 is 14.4 Å². The molecule has 0 aliphatic carbocycles. The molecule has 0 saturated carbocycles. The Balaban J connectivity index is 1.92. The first-order valence-electron chi connectivity index (χ1n) is 12.8. The SMILES string of the molecule is CCOC(=O)C1=C(C)N(c2cccc(C(F)(F)F)c2)C(=O)N(Cc2ccc(C(=O)OC)cc2)C1c1ccc(C#N)cc1. The summed E-state index contributed by atoms with van der Waals surface area (Å²) in [5.74, 6) is -1.30. The van der Waals surface area contributed by atoms with E-state index in [2.05, 4.69) is 0 Å². The lowest BCUT2D eigenvalue weighted by atomic mass is 9.91. The molecule has 1 aliphatic rings. The number of carbonyl (C=O) groups excluding carboxylic acids is 3. The molecule has 0 N–H and O–H groups in total. The molecule has 0 fully saturated rings. The normalized spacial score (nSPS) is 15.4. The van der Waals surface area contributed by atoms with E-state index in [1.807, 2.05) is 6.07 Å². The molecule has 0 saturated heterocycles. The summed E-state index contributed by atoms with van der Waals surface area (Å²) in [5.41, 5.74) is 0.796.